The average molecular weight is 353 g/mol. The number of para-hydroxylation sites is 1. The van der Waals surface area contributed by atoms with Crippen molar-refractivity contribution < 1.29 is 18.0 Å². The summed E-state index contributed by atoms with van der Waals surface area (Å²) in [5.74, 6) is -0.426. The predicted molar refractivity (Wildman–Crippen MR) is 87.6 cm³/mol. The molecule has 0 saturated heterocycles. The number of rotatable bonds is 3. The third kappa shape index (κ3) is 3.34. The maximum Gasteiger partial charge on any atom is 0.416 e. The highest BCUT2D eigenvalue weighted by Gasteiger charge is 2.33. The number of hydrogen-bond acceptors (Lipinski definition) is 4. The Balaban J connectivity index is 2.06. The largest absolute Gasteiger partial charge is 0.416 e. The van der Waals surface area contributed by atoms with Crippen LogP contribution >= 0.6 is 11.8 Å². The molecule has 4 nitrogen and oxygen atoms in total. The summed E-state index contributed by atoms with van der Waals surface area (Å²) >= 11 is 1.23. The zero-order chi connectivity index (χ0) is 17.3. The number of anilines is 3. The molecule has 0 aromatic heterocycles. The second-order valence-electron chi connectivity index (χ2n) is 5.20. The summed E-state index contributed by atoms with van der Waals surface area (Å²) < 4.78 is 39.5. The minimum Gasteiger partial charge on any atom is -0.352 e. The van der Waals surface area contributed by atoms with Crippen molar-refractivity contribution in [2.45, 2.75) is 22.4 Å². The lowest BCUT2D eigenvalue weighted by Crippen LogP contribution is -2.18. The lowest BCUT2D eigenvalue weighted by molar-refractivity contribution is -0.137. The minimum absolute atomic E-state index is 0.0365. The van der Waals surface area contributed by atoms with Gasteiger partial charge in [-0.05, 0) is 24.3 Å². The molecular weight excluding hydrogens is 339 g/mol. The monoisotopic (exact) mass is 353 g/mol. The molecule has 0 aliphatic carbocycles. The van der Waals surface area contributed by atoms with Crippen molar-refractivity contribution in [2.24, 2.45) is 5.73 Å². The standard InChI is InChI=1S/C16H14F3N3OS/c17-16(18,19)9-7-11(21-14(23)5-6-20)15-13(8-9)24-12-4-2-1-3-10(12)22-15/h1-4,7-8,22H,5-6,20H2,(H,21,23). The van der Waals surface area contributed by atoms with E-state index in [4.69, 9.17) is 5.73 Å². The fourth-order valence-electron chi connectivity index (χ4n) is 2.34. The Kier molecular flexibility index (Phi) is 4.42. The molecule has 0 radical (unpaired) electrons. The number of alkyl halides is 3. The first kappa shape index (κ1) is 16.7. The van der Waals surface area contributed by atoms with Crippen LogP contribution in [0.3, 0.4) is 0 Å². The van der Waals surface area contributed by atoms with Crippen molar-refractivity contribution in [1.29, 1.82) is 0 Å². The van der Waals surface area contributed by atoms with Crippen LogP contribution in [0.4, 0.5) is 30.2 Å². The third-order valence-corrected chi connectivity index (χ3v) is 4.56. The molecule has 1 amide bonds. The lowest BCUT2D eigenvalue weighted by Gasteiger charge is -2.25. The Bertz CT molecular complexity index is 793. The summed E-state index contributed by atoms with van der Waals surface area (Å²) in [7, 11) is 0. The van der Waals surface area contributed by atoms with Crippen molar-refractivity contribution >= 4 is 34.7 Å². The van der Waals surface area contributed by atoms with Crippen LogP contribution in [0.5, 0.6) is 0 Å². The van der Waals surface area contributed by atoms with Crippen molar-refractivity contribution in [1.82, 2.24) is 0 Å². The molecule has 1 heterocycles. The summed E-state index contributed by atoms with van der Waals surface area (Å²) in [6.07, 6.45) is -4.46. The van der Waals surface area contributed by atoms with Crippen LogP contribution in [0.2, 0.25) is 0 Å². The highest BCUT2D eigenvalue weighted by atomic mass is 32.2. The van der Waals surface area contributed by atoms with E-state index in [2.05, 4.69) is 10.6 Å². The normalized spacial score (nSPS) is 12.8. The molecule has 0 unspecified atom stereocenters. The van der Waals surface area contributed by atoms with E-state index < -0.39 is 17.6 Å². The van der Waals surface area contributed by atoms with Crippen LogP contribution in [0.15, 0.2) is 46.2 Å². The summed E-state index contributed by atoms with van der Waals surface area (Å²) in [6.45, 7) is 0.123. The van der Waals surface area contributed by atoms with E-state index >= 15 is 0 Å². The van der Waals surface area contributed by atoms with Crippen molar-refractivity contribution in [3.8, 4) is 0 Å². The van der Waals surface area contributed by atoms with Crippen LogP contribution in [-0.2, 0) is 11.0 Å². The van der Waals surface area contributed by atoms with E-state index in [1.165, 1.54) is 11.8 Å². The quantitative estimate of drug-likeness (QED) is 0.660. The molecule has 0 saturated carbocycles. The van der Waals surface area contributed by atoms with Gasteiger partial charge in [0.15, 0.2) is 0 Å². The Labute approximate surface area is 140 Å². The number of carbonyl (C=O) groups excluding carboxylic acids is 1. The Hall–Kier alpha value is -2.19. The molecule has 8 heteroatoms. The minimum atomic E-state index is -4.50. The van der Waals surface area contributed by atoms with Gasteiger partial charge in [0.2, 0.25) is 5.91 Å². The molecule has 1 aliphatic heterocycles. The topological polar surface area (TPSA) is 67.2 Å². The van der Waals surface area contributed by atoms with Crippen LogP contribution in [0.1, 0.15) is 12.0 Å². The molecule has 4 N–H and O–H groups in total. The number of halogens is 3. The summed E-state index contributed by atoms with van der Waals surface area (Å²) in [6, 6.07) is 9.32. The second-order valence-corrected chi connectivity index (χ2v) is 6.29. The number of carbonyl (C=O) groups is 1. The molecule has 0 spiro atoms. The summed E-state index contributed by atoms with van der Waals surface area (Å²) in [4.78, 5) is 13.0. The molecule has 2 aromatic rings. The molecule has 0 atom stereocenters. The highest BCUT2D eigenvalue weighted by molar-refractivity contribution is 7.99. The van der Waals surface area contributed by atoms with Crippen LogP contribution in [0.25, 0.3) is 0 Å². The van der Waals surface area contributed by atoms with Gasteiger partial charge in [-0.15, -0.1) is 0 Å². The zero-order valence-electron chi connectivity index (χ0n) is 12.4. The first-order chi connectivity index (χ1) is 11.4. The zero-order valence-corrected chi connectivity index (χ0v) is 13.2. The van der Waals surface area contributed by atoms with Crippen molar-refractivity contribution in [3.63, 3.8) is 0 Å². The first-order valence-electron chi connectivity index (χ1n) is 7.17. The van der Waals surface area contributed by atoms with E-state index in [-0.39, 0.29) is 18.7 Å². The molecule has 2 aromatic carbocycles. The van der Waals surface area contributed by atoms with Gasteiger partial charge in [-0.25, -0.2) is 0 Å². The number of amides is 1. The Morgan fingerprint density at radius 3 is 2.67 bits per heavy atom. The number of nitrogens with two attached hydrogens (primary N) is 1. The number of hydrogen-bond donors (Lipinski definition) is 3. The number of benzene rings is 2. The van der Waals surface area contributed by atoms with E-state index in [0.717, 1.165) is 22.7 Å². The van der Waals surface area contributed by atoms with Gasteiger partial charge in [-0.1, -0.05) is 23.9 Å². The molecule has 3 rings (SSSR count). The van der Waals surface area contributed by atoms with E-state index in [1.54, 1.807) is 0 Å². The van der Waals surface area contributed by atoms with Gasteiger partial charge in [-0.3, -0.25) is 4.79 Å². The second kappa shape index (κ2) is 6.37. The molecule has 1 aliphatic rings. The van der Waals surface area contributed by atoms with Gasteiger partial charge < -0.3 is 16.4 Å². The van der Waals surface area contributed by atoms with Crippen LogP contribution in [0, 0.1) is 0 Å². The van der Waals surface area contributed by atoms with E-state index in [1.807, 2.05) is 24.3 Å². The van der Waals surface area contributed by atoms with Gasteiger partial charge in [-0.2, -0.15) is 13.2 Å². The molecule has 0 bridgehead atoms. The number of nitrogens with one attached hydrogen (secondary N) is 2. The Morgan fingerprint density at radius 2 is 1.96 bits per heavy atom. The van der Waals surface area contributed by atoms with Crippen molar-refractivity contribution in [2.75, 3.05) is 17.2 Å². The van der Waals surface area contributed by atoms with Gasteiger partial charge in [0.05, 0.1) is 22.6 Å². The molecule has 24 heavy (non-hydrogen) atoms. The molecule has 0 fully saturated rings. The van der Waals surface area contributed by atoms with Gasteiger partial charge in [0, 0.05) is 22.8 Å². The summed E-state index contributed by atoms with van der Waals surface area (Å²) in [5.41, 5.74) is 5.85. The SMILES string of the molecule is NCCC(=O)Nc1cc(C(F)(F)F)cc2c1Nc1ccccc1S2. The fraction of sp³-hybridized carbons (Fsp3) is 0.188. The molecular formula is C16H14F3N3OS. The third-order valence-electron chi connectivity index (χ3n) is 3.44. The van der Waals surface area contributed by atoms with Crippen LogP contribution in [-0.4, -0.2) is 12.5 Å². The highest BCUT2D eigenvalue weighted by Crippen LogP contribution is 2.49. The Morgan fingerprint density at radius 1 is 1.21 bits per heavy atom. The van der Waals surface area contributed by atoms with Gasteiger partial charge in [0.25, 0.3) is 0 Å². The smallest absolute Gasteiger partial charge is 0.352 e. The summed E-state index contributed by atoms with van der Waals surface area (Å²) in [5, 5.41) is 5.62. The lowest BCUT2D eigenvalue weighted by atomic mass is 10.1. The van der Waals surface area contributed by atoms with Crippen molar-refractivity contribution in [3.05, 3.63) is 42.0 Å². The molecule has 126 valence electrons. The van der Waals surface area contributed by atoms with Gasteiger partial charge in [0.1, 0.15) is 0 Å². The number of fused-ring (bicyclic) bond motifs is 2. The van der Waals surface area contributed by atoms with Gasteiger partial charge >= 0.3 is 6.18 Å². The van der Waals surface area contributed by atoms with E-state index in [9.17, 15) is 18.0 Å². The predicted octanol–water partition coefficient (Wildman–Crippen LogP) is 4.20. The van der Waals surface area contributed by atoms with Crippen LogP contribution < -0.4 is 16.4 Å². The first-order valence-corrected chi connectivity index (χ1v) is 7.99. The maximum absolute atomic E-state index is 13.2. The fourth-order valence-corrected chi connectivity index (χ4v) is 3.40. The average Bonchev–Trinajstić information content (AvgIpc) is 2.52. The maximum atomic E-state index is 13.2. The van der Waals surface area contributed by atoms with E-state index in [0.29, 0.717) is 10.6 Å².